The highest BCUT2D eigenvalue weighted by Crippen LogP contribution is 2.42. The zero-order valence-corrected chi connectivity index (χ0v) is 13.3. The minimum Gasteiger partial charge on any atom is -0.496 e. The van der Waals surface area contributed by atoms with Gasteiger partial charge in [-0.15, -0.1) is 0 Å². The molecule has 2 aromatic rings. The van der Waals surface area contributed by atoms with Crippen LogP contribution in [0.4, 0.5) is 0 Å². The molecule has 0 amide bonds. The fourth-order valence-corrected chi connectivity index (χ4v) is 2.66. The third-order valence-electron chi connectivity index (χ3n) is 3.86. The summed E-state index contributed by atoms with van der Waals surface area (Å²) in [5.74, 6) is 3.52. The molecule has 0 fully saturated rings. The van der Waals surface area contributed by atoms with Crippen LogP contribution in [0.3, 0.4) is 0 Å². The van der Waals surface area contributed by atoms with Crippen LogP contribution in [0.2, 0.25) is 0 Å². The molecule has 0 aliphatic carbocycles. The number of hydrogen-bond acceptors (Lipinski definition) is 4. The summed E-state index contributed by atoms with van der Waals surface area (Å²) in [4.78, 5) is 0. The first-order valence-corrected chi connectivity index (χ1v) is 7.30. The Labute approximate surface area is 130 Å². The van der Waals surface area contributed by atoms with Crippen LogP contribution in [0, 0.1) is 0 Å². The van der Waals surface area contributed by atoms with Gasteiger partial charge in [0.1, 0.15) is 11.5 Å². The van der Waals surface area contributed by atoms with E-state index in [9.17, 15) is 0 Å². The average molecular weight is 300 g/mol. The molecular weight excluding hydrogens is 280 g/mol. The van der Waals surface area contributed by atoms with E-state index < -0.39 is 0 Å². The molecule has 1 aliphatic rings. The van der Waals surface area contributed by atoms with Gasteiger partial charge in [0, 0.05) is 11.6 Å². The van der Waals surface area contributed by atoms with E-state index in [1.807, 2.05) is 24.3 Å². The van der Waals surface area contributed by atoms with Gasteiger partial charge in [-0.05, 0) is 35.2 Å². The molecule has 0 bridgehead atoms. The van der Waals surface area contributed by atoms with Gasteiger partial charge in [-0.25, -0.2) is 0 Å². The third-order valence-corrected chi connectivity index (χ3v) is 3.86. The molecule has 0 unspecified atom stereocenters. The minimum absolute atomic E-state index is 0.274. The van der Waals surface area contributed by atoms with Gasteiger partial charge in [0.25, 0.3) is 0 Å². The molecule has 116 valence electrons. The Balaban J connectivity index is 2.14. The molecule has 0 aromatic heterocycles. The molecule has 1 aliphatic heterocycles. The molecule has 1 heterocycles. The first kappa shape index (κ1) is 14.6. The molecule has 0 radical (unpaired) electrons. The molecule has 0 N–H and O–H groups in total. The van der Waals surface area contributed by atoms with Gasteiger partial charge in [0.2, 0.25) is 6.79 Å². The summed E-state index contributed by atoms with van der Waals surface area (Å²) in [6.45, 7) is 4.57. The Morgan fingerprint density at radius 3 is 2.32 bits per heavy atom. The number of methoxy groups -OCH3 is 2. The van der Waals surface area contributed by atoms with Crippen molar-refractivity contribution < 1.29 is 18.9 Å². The van der Waals surface area contributed by atoms with E-state index in [4.69, 9.17) is 18.9 Å². The molecule has 22 heavy (non-hydrogen) atoms. The van der Waals surface area contributed by atoms with Crippen LogP contribution < -0.4 is 18.9 Å². The first-order valence-electron chi connectivity index (χ1n) is 7.30. The van der Waals surface area contributed by atoms with Crippen LogP contribution in [-0.2, 0) is 0 Å². The van der Waals surface area contributed by atoms with Gasteiger partial charge in [-0.3, -0.25) is 0 Å². The normalized spacial score (nSPS) is 12.6. The van der Waals surface area contributed by atoms with Crippen LogP contribution in [0.5, 0.6) is 23.0 Å². The monoisotopic (exact) mass is 300 g/mol. The number of rotatable bonds is 4. The van der Waals surface area contributed by atoms with E-state index in [0.717, 1.165) is 39.7 Å². The number of ether oxygens (including phenoxy) is 4. The maximum atomic E-state index is 5.54. The zero-order valence-electron chi connectivity index (χ0n) is 13.3. The number of benzene rings is 2. The summed E-state index contributed by atoms with van der Waals surface area (Å²) < 4.78 is 21.9. The highest BCUT2D eigenvalue weighted by atomic mass is 16.7. The van der Waals surface area contributed by atoms with Gasteiger partial charge in [-0.2, -0.15) is 0 Å². The Bertz CT molecular complexity index is 692. The van der Waals surface area contributed by atoms with E-state index in [1.165, 1.54) is 0 Å². The smallest absolute Gasteiger partial charge is 0.231 e. The average Bonchev–Trinajstić information content (AvgIpc) is 3.00. The van der Waals surface area contributed by atoms with Crippen LogP contribution in [0.25, 0.3) is 11.1 Å². The molecule has 0 saturated carbocycles. The molecular formula is C18H20O4. The number of hydrogen-bond donors (Lipinski definition) is 0. The van der Waals surface area contributed by atoms with E-state index in [-0.39, 0.29) is 6.79 Å². The number of fused-ring (bicyclic) bond motifs is 1. The topological polar surface area (TPSA) is 36.9 Å². The molecule has 2 aromatic carbocycles. The van der Waals surface area contributed by atoms with Gasteiger partial charge in [0.15, 0.2) is 11.5 Å². The Morgan fingerprint density at radius 1 is 0.909 bits per heavy atom. The van der Waals surface area contributed by atoms with E-state index in [0.29, 0.717) is 5.92 Å². The molecule has 4 nitrogen and oxygen atoms in total. The van der Waals surface area contributed by atoms with Crippen molar-refractivity contribution in [2.24, 2.45) is 0 Å². The van der Waals surface area contributed by atoms with E-state index >= 15 is 0 Å². The van der Waals surface area contributed by atoms with Crippen molar-refractivity contribution in [1.29, 1.82) is 0 Å². The first-order chi connectivity index (χ1) is 10.6. The highest BCUT2D eigenvalue weighted by Gasteiger charge is 2.18. The van der Waals surface area contributed by atoms with Crippen LogP contribution in [0.15, 0.2) is 30.3 Å². The van der Waals surface area contributed by atoms with Gasteiger partial charge < -0.3 is 18.9 Å². The lowest BCUT2D eigenvalue weighted by molar-refractivity contribution is 0.174. The van der Waals surface area contributed by atoms with E-state index in [2.05, 4.69) is 19.9 Å². The second-order valence-electron chi connectivity index (χ2n) is 5.52. The predicted octanol–water partition coefficient (Wildman–Crippen LogP) is 4.22. The van der Waals surface area contributed by atoms with Crippen molar-refractivity contribution in [3.63, 3.8) is 0 Å². The van der Waals surface area contributed by atoms with Crippen LogP contribution in [0.1, 0.15) is 25.3 Å². The standard InChI is InChI=1S/C18H20O4/c1-11(2)13-8-14(17(20-4)9-16(13)19-3)12-5-6-15-18(7-12)22-10-21-15/h5-9,11H,10H2,1-4H3. The van der Waals surface area contributed by atoms with Crippen molar-refractivity contribution in [1.82, 2.24) is 0 Å². The lowest BCUT2D eigenvalue weighted by Gasteiger charge is -2.17. The summed E-state index contributed by atoms with van der Waals surface area (Å²) >= 11 is 0. The lowest BCUT2D eigenvalue weighted by Crippen LogP contribution is -1.98. The maximum absolute atomic E-state index is 5.54. The Hall–Kier alpha value is -2.36. The summed E-state index contributed by atoms with van der Waals surface area (Å²) in [6, 6.07) is 9.99. The maximum Gasteiger partial charge on any atom is 0.231 e. The van der Waals surface area contributed by atoms with Gasteiger partial charge in [-0.1, -0.05) is 19.9 Å². The van der Waals surface area contributed by atoms with Gasteiger partial charge in [0.05, 0.1) is 14.2 Å². The van der Waals surface area contributed by atoms with Crippen LogP contribution in [-0.4, -0.2) is 21.0 Å². The SMILES string of the molecule is COc1cc(OC)c(C(C)C)cc1-c1ccc2c(c1)OCO2. The van der Waals surface area contributed by atoms with Crippen LogP contribution >= 0.6 is 0 Å². The molecule has 0 atom stereocenters. The summed E-state index contributed by atoms with van der Waals surface area (Å²) in [5.41, 5.74) is 3.20. The fourth-order valence-electron chi connectivity index (χ4n) is 2.66. The summed E-state index contributed by atoms with van der Waals surface area (Å²) in [7, 11) is 3.35. The van der Waals surface area contributed by atoms with Crippen molar-refractivity contribution >= 4 is 0 Å². The molecule has 4 heteroatoms. The molecule has 0 spiro atoms. The molecule has 0 saturated heterocycles. The minimum atomic E-state index is 0.274. The van der Waals surface area contributed by atoms with E-state index in [1.54, 1.807) is 14.2 Å². The summed E-state index contributed by atoms with van der Waals surface area (Å²) in [6.07, 6.45) is 0. The van der Waals surface area contributed by atoms with Crippen molar-refractivity contribution in [3.05, 3.63) is 35.9 Å². The second kappa shape index (κ2) is 5.79. The van der Waals surface area contributed by atoms with Crippen molar-refractivity contribution in [2.45, 2.75) is 19.8 Å². The quantitative estimate of drug-likeness (QED) is 0.847. The molecule has 3 rings (SSSR count). The Kier molecular flexibility index (Phi) is 3.84. The van der Waals surface area contributed by atoms with Crippen molar-refractivity contribution in [2.75, 3.05) is 21.0 Å². The zero-order chi connectivity index (χ0) is 15.7. The van der Waals surface area contributed by atoms with Gasteiger partial charge >= 0.3 is 0 Å². The summed E-state index contributed by atoms with van der Waals surface area (Å²) in [5, 5.41) is 0. The highest BCUT2D eigenvalue weighted by molar-refractivity contribution is 5.75. The third kappa shape index (κ3) is 2.45. The van der Waals surface area contributed by atoms with Crippen molar-refractivity contribution in [3.8, 4) is 34.1 Å². The second-order valence-corrected chi connectivity index (χ2v) is 5.52. The fraction of sp³-hybridized carbons (Fsp3) is 0.333. The largest absolute Gasteiger partial charge is 0.496 e. The predicted molar refractivity (Wildman–Crippen MR) is 85.2 cm³/mol. The lowest BCUT2D eigenvalue weighted by atomic mass is 9.95. The Morgan fingerprint density at radius 2 is 1.64 bits per heavy atom.